The van der Waals surface area contributed by atoms with Crippen molar-refractivity contribution in [2.24, 2.45) is 0 Å². The Hall–Kier alpha value is -2.17. The number of allylic oxidation sites excluding steroid dienone is 8. The van der Waals surface area contributed by atoms with Crippen LogP contribution in [0.1, 0.15) is 0 Å². The van der Waals surface area contributed by atoms with E-state index in [4.69, 9.17) is 0 Å². The van der Waals surface area contributed by atoms with Crippen LogP contribution in [0.5, 0.6) is 0 Å². The molecule has 0 radical (unpaired) electrons. The Balaban J connectivity index is 2.09. The number of hydrogen-bond acceptors (Lipinski definition) is 0. The summed E-state index contributed by atoms with van der Waals surface area (Å²) in [5, 5.41) is 0. The van der Waals surface area contributed by atoms with Gasteiger partial charge in [-0.25, -0.2) is 0 Å². The summed E-state index contributed by atoms with van der Waals surface area (Å²) < 4.78 is 57.7. The molecule has 2 aliphatic carbocycles. The number of rotatable bonds is 4. The molecule has 0 aromatic heterocycles. The van der Waals surface area contributed by atoms with E-state index in [-0.39, 0.29) is 8.45 Å². The predicted molar refractivity (Wildman–Crippen MR) is 96.0 cm³/mol. The molecular formula is C22H16F4Ti. The average molecular weight is 404 g/mol. The van der Waals surface area contributed by atoms with Crippen molar-refractivity contribution in [3.63, 3.8) is 0 Å². The molecule has 0 nitrogen and oxygen atoms in total. The van der Waals surface area contributed by atoms with Crippen LogP contribution in [0.25, 0.3) is 0 Å². The van der Waals surface area contributed by atoms with Gasteiger partial charge < -0.3 is 0 Å². The van der Waals surface area contributed by atoms with Gasteiger partial charge in [0, 0.05) is 0 Å². The fourth-order valence-electron chi connectivity index (χ4n) is 4.21. The van der Waals surface area contributed by atoms with Gasteiger partial charge in [-0.3, -0.25) is 0 Å². The number of hydrogen-bond donors (Lipinski definition) is 0. The topological polar surface area (TPSA) is 0 Å². The van der Waals surface area contributed by atoms with E-state index in [1.54, 1.807) is 0 Å². The number of benzene rings is 2. The van der Waals surface area contributed by atoms with Crippen molar-refractivity contribution in [3.05, 3.63) is 108 Å². The first-order chi connectivity index (χ1) is 13.0. The van der Waals surface area contributed by atoms with Crippen molar-refractivity contribution in [3.8, 4) is 0 Å². The molecule has 0 heterocycles. The molecule has 136 valence electrons. The zero-order chi connectivity index (χ0) is 19.0. The first kappa shape index (κ1) is 18.2. The summed E-state index contributed by atoms with van der Waals surface area (Å²) in [6.45, 7) is 0. The predicted octanol–water partition coefficient (Wildman–Crippen LogP) is 5.18. The van der Waals surface area contributed by atoms with Crippen LogP contribution in [0.15, 0.2) is 85.0 Å². The maximum absolute atomic E-state index is 15.1. The monoisotopic (exact) mass is 404 g/mol. The van der Waals surface area contributed by atoms with Crippen LogP contribution >= 0.6 is 0 Å². The quantitative estimate of drug-likeness (QED) is 0.487. The molecule has 5 heteroatoms. The van der Waals surface area contributed by atoms with Crippen LogP contribution in [0, 0.1) is 23.3 Å². The van der Waals surface area contributed by atoms with Crippen LogP contribution in [-0.2, 0) is 16.6 Å². The van der Waals surface area contributed by atoms with Crippen LogP contribution in [0.2, 0.25) is 8.45 Å². The second kappa shape index (κ2) is 7.10. The molecule has 2 aliphatic rings. The molecule has 0 saturated carbocycles. The van der Waals surface area contributed by atoms with Crippen molar-refractivity contribution < 1.29 is 34.2 Å². The molecule has 0 spiro atoms. The van der Waals surface area contributed by atoms with Crippen LogP contribution in [0.4, 0.5) is 17.6 Å². The van der Waals surface area contributed by atoms with Gasteiger partial charge in [-0.1, -0.05) is 0 Å². The third kappa shape index (κ3) is 2.97. The molecule has 0 bridgehead atoms. The molecule has 4 rings (SSSR count). The average Bonchev–Trinajstić information content (AvgIpc) is 3.33. The van der Waals surface area contributed by atoms with E-state index in [1.807, 2.05) is 48.6 Å². The zero-order valence-corrected chi connectivity index (χ0v) is 15.8. The van der Waals surface area contributed by atoms with Crippen LogP contribution in [-0.4, -0.2) is 0 Å². The van der Waals surface area contributed by atoms with Crippen molar-refractivity contribution in [2.45, 2.75) is 8.45 Å². The minimum atomic E-state index is -3.96. The van der Waals surface area contributed by atoms with Gasteiger partial charge in [0.05, 0.1) is 0 Å². The summed E-state index contributed by atoms with van der Waals surface area (Å²) in [7, 11) is 0. The summed E-state index contributed by atoms with van der Waals surface area (Å²) in [6.07, 6.45) is 15.2. The first-order valence-electron chi connectivity index (χ1n) is 8.64. The molecule has 2 aromatic carbocycles. The first-order valence-corrected chi connectivity index (χ1v) is 12.0. The Labute approximate surface area is 158 Å². The van der Waals surface area contributed by atoms with Crippen molar-refractivity contribution in [1.29, 1.82) is 0 Å². The molecule has 0 N–H and O–H groups in total. The normalized spacial score (nSPS) is 16.7. The van der Waals surface area contributed by atoms with Crippen LogP contribution < -0.4 is 7.74 Å². The standard InChI is InChI=1S/2C6H3F2.2C5H5.Ti/c2*7-5-2-1-3-6(8)4-5;2*1-2-4-5-3-1;/h2*1-2,4H;2*1-5H;. The van der Waals surface area contributed by atoms with Gasteiger partial charge in [0.15, 0.2) is 0 Å². The summed E-state index contributed by atoms with van der Waals surface area (Å²) in [4.78, 5) is 0. The summed E-state index contributed by atoms with van der Waals surface area (Å²) in [5.74, 6) is -2.72. The molecule has 0 aliphatic heterocycles. The Morgan fingerprint density at radius 2 is 0.926 bits per heavy atom. The van der Waals surface area contributed by atoms with E-state index in [2.05, 4.69) is 0 Å². The second-order valence-corrected chi connectivity index (χ2v) is 13.2. The van der Waals surface area contributed by atoms with Crippen molar-refractivity contribution >= 4 is 7.74 Å². The molecular weight excluding hydrogens is 388 g/mol. The third-order valence-corrected chi connectivity index (χ3v) is 13.8. The number of halogens is 4. The van der Waals surface area contributed by atoms with Crippen molar-refractivity contribution in [1.82, 2.24) is 0 Å². The fourth-order valence-corrected chi connectivity index (χ4v) is 12.8. The van der Waals surface area contributed by atoms with Gasteiger partial charge in [0.2, 0.25) is 0 Å². The Bertz CT molecular complexity index is 898. The molecule has 27 heavy (non-hydrogen) atoms. The van der Waals surface area contributed by atoms with Gasteiger partial charge in [0.25, 0.3) is 0 Å². The molecule has 0 amide bonds. The van der Waals surface area contributed by atoms with Gasteiger partial charge in [-0.05, 0) is 0 Å². The Morgan fingerprint density at radius 3 is 1.26 bits per heavy atom. The van der Waals surface area contributed by atoms with E-state index < -0.39 is 39.9 Å². The Kier molecular flexibility index (Phi) is 4.79. The SMILES string of the molecule is Fc1cc[c]([Ti]([c]2ccc(F)cc2F)([CH]2C=CC=C2)[CH]2C=CC=C2)c(F)c1. The minimum absolute atomic E-state index is 0.206. The maximum atomic E-state index is 15.1. The molecule has 0 unspecified atom stereocenters. The summed E-state index contributed by atoms with van der Waals surface area (Å²) in [5.41, 5.74) is 0. The van der Waals surface area contributed by atoms with Gasteiger partial charge in [0.1, 0.15) is 0 Å². The van der Waals surface area contributed by atoms with Crippen LogP contribution in [0.3, 0.4) is 0 Å². The van der Waals surface area contributed by atoms with E-state index in [0.717, 1.165) is 12.1 Å². The second-order valence-electron chi connectivity index (χ2n) is 6.71. The summed E-state index contributed by atoms with van der Waals surface area (Å²) in [6, 6.07) is 7.00. The van der Waals surface area contributed by atoms with Gasteiger partial charge in [-0.15, -0.1) is 0 Å². The molecule has 0 atom stereocenters. The molecule has 0 saturated heterocycles. The zero-order valence-electron chi connectivity index (χ0n) is 14.2. The molecule has 2 aromatic rings. The van der Waals surface area contributed by atoms with E-state index in [0.29, 0.717) is 7.74 Å². The van der Waals surface area contributed by atoms with E-state index in [9.17, 15) is 8.78 Å². The summed E-state index contributed by atoms with van der Waals surface area (Å²) >= 11 is -3.96. The fraction of sp³-hybridized carbons (Fsp3) is 0.0909. The van der Waals surface area contributed by atoms with Crippen molar-refractivity contribution in [2.75, 3.05) is 0 Å². The van der Waals surface area contributed by atoms with Gasteiger partial charge in [-0.2, -0.15) is 0 Å². The third-order valence-electron chi connectivity index (χ3n) is 5.30. The molecule has 0 fully saturated rings. The van der Waals surface area contributed by atoms with E-state index in [1.165, 1.54) is 24.3 Å². The van der Waals surface area contributed by atoms with Gasteiger partial charge >= 0.3 is 159 Å². The van der Waals surface area contributed by atoms with E-state index >= 15 is 8.78 Å². The Morgan fingerprint density at radius 1 is 0.556 bits per heavy atom.